The third-order valence-corrected chi connectivity index (χ3v) is 2.74. The molecule has 0 aliphatic heterocycles. The lowest BCUT2D eigenvalue weighted by Gasteiger charge is -2.08. The fourth-order valence-corrected chi connectivity index (χ4v) is 1.75. The molecule has 0 amide bonds. The lowest BCUT2D eigenvalue weighted by Crippen LogP contribution is -1.97. The zero-order chi connectivity index (χ0) is 13.3. The first-order valence-electron chi connectivity index (χ1n) is 4.93. The van der Waals surface area contributed by atoms with Gasteiger partial charge in [0.15, 0.2) is 0 Å². The van der Waals surface area contributed by atoms with Crippen LogP contribution in [-0.2, 0) is 0 Å². The van der Waals surface area contributed by atoms with Crippen molar-refractivity contribution in [1.29, 1.82) is 5.26 Å². The van der Waals surface area contributed by atoms with Crippen LogP contribution < -0.4 is 11.5 Å². The maximum Gasteiger partial charge on any atom is 0.148 e. The summed E-state index contributed by atoms with van der Waals surface area (Å²) in [6, 6.07) is 6.00. The molecule has 0 unspecified atom stereocenters. The van der Waals surface area contributed by atoms with Crippen molar-refractivity contribution in [3.05, 3.63) is 40.8 Å². The molecule has 1 aromatic carbocycles. The van der Waals surface area contributed by atoms with Gasteiger partial charge in [-0.2, -0.15) is 5.26 Å². The zero-order valence-corrected chi connectivity index (χ0v) is 9.87. The summed E-state index contributed by atoms with van der Waals surface area (Å²) in [7, 11) is 0. The molecule has 1 aromatic heterocycles. The second-order valence-electron chi connectivity index (χ2n) is 3.62. The molecule has 1 heterocycles. The molecule has 4 N–H and O–H groups in total. The van der Waals surface area contributed by atoms with E-state index in [1.165, 1.54) is 24.4 Å². The van der Waals surface area contributed by atoms with Gasteiger partial charge in [0.2, 0.25) is 0 Å². The second kappa shape index (κ2) is 4.51. The first-order chi connectivity index (χ1) is 8.52. The average molecular weight is 263 g/mol. The molecule has 0 atom stereocenters. The van der Waals surface area contributed by atoms with Gasteiger partial charge < -0.3 is 11.5 Å². The molecule has 18 heavy (non-hydrogen) atoms. The van der Waals surface area contributed by atoms with Gasteiger partial charge in [-0.25, -0.2) is 9.37 Å². The van der Waals surface area contributed by atoms with E-state index in [4.69, 9.17) is 28.3 Å². The van der Waals surface area contributed by atoms with Crippen LogP contribution in [0.3, 0.4) is 0 Å². The Morgan fingerprint density at radius 3 is 2.67 bits per heavy atom. The molecule has 6 heteroatoms. The summed E-state index contributed by atoms with van der Waals surface area (Å²) < 4.78 is 13.6. The standard InChI is InChI=1S/C12H8ClFN4/c13-9-5-18-11(16)3-8(9)6-1-7(4-15)12(17)10(14)2-6/h1-3,5H,17H2,(H2,16,18). The maximum atomic E-state index is 13.6. The first-order valence-corrected chi connectivity index (χ1v) is 5.31. The Labute approximate surface area is 108 Å². The van der Waals surface area contributed by atoms with Gasteiger partial charge in [-0.05, 0) is 23.8 Å². The van der Waals surface area contributed by atoms with Crippen molar-refractivity contribution in [2.75, 3.05) is 11.5 Å². The Morgan fingerprint density at radius 2 is 2.00 bits per heavy atom. The molecule has 2 aromatic rings. The van der Waals surface area contributed by atoms with Crippen LogP contribution >= 0.6 is 11.6 Å². The highest BCUT2D eigenvalue weighted by atomic mass is 35.5. The SMILES string of the molecule is N#Cc1cc(-c2cc(N)ncc2Cl)cc(F)c1N. The van der Waals surface area contributed by atoms with Crippen LogP contribution in [0.5, 0.6) is 0 Å². The molecule has 0 bridgehead atoms. The van der Waals surface area contributed by atoms with Gasteiger partial charge in [0, 0.05) is 11.8 Å². The lowest BCUT2D eigenvalue weighted by molar-refractivity contribution is 0.632. The van der Waals surface area contributed by atoms with Gasteiger partial charge in [-0.1, -0.05) is 11.6 Å². The van der Waals surface area contributed by atoms with Crippen LogP contribution in [0.4, 0.5) is 15.9 Å². The monoisotopic (exact) mass is 262 g/mol. The molecular formula is C12H8ClFN4. The minimum absolute atomic E-state index is 0.0523. The smallest absolute Gasteiger partial charge is 0.148 e. The summed E-state index contributed by atoms with van der Waals surface area (Å²) in [5, 5.41) is 9.19. The number of pyridine rings is 1. The van der Waals surface area contributed by atoms with E-state index in [1.54, 1.807) is 0 Å². The number of nitrogens with zero attached hydrogens (tertiary/aromatic N) is 2. The summed E-state index contributed by atoms with van der Waals surface area (Å²) in [4.78, 5) is 3.81. The van der Waals surface area contributed by atoms with Crippen molar-refractivity contribution in [2.24, 2.45) is 0 Å². The molecule has 0 aliphatic rings. The number of rotatable bonds is 1. The number of hydrogen-bond acceptors (Lipinski definition) is 4. The van der Waals surface area contributed by atoms with Gasteiger partial charge in [0.25, 0.3) is 0 Å². The predicted molar refractivity (Wildman–Crippen MR) is 68.2 cm³/mol. The average Bonchev–Trinajstić information content (AvgIpc) is 2.35. The predicted octanol–water partition coefficient (Wildman–Crippen LogP) is 2.58. The third kappa shape index (κ3) is 2.06. The molecule has 0 radical (unpaired) electrons. The van der Waals surface area contributed by atoms with E-state index < -0.39 is 5.82 Å². The highest BCUT2D eigenvalue weighted by Crippen LogP contribution is 2.31. The molecular weight excluding hydrogens is 255 g/mol. The van der Waals surface area contributed by atoms with E-state index in [0.29, 0.717) is 16.1 Å². The largest absolute Gasteiger partial charge is 0.395 e. The van der Waals surface area contributed by atoms with Crippen LogP contribution in [-0.4, -0.2) is 4.98 Å². The summed E-state index contributed by atoms with van der Waals surface area (Å²) in [5.74, 6) is -0.416. The van der Waals surface area contributed by atoms with Gasteiger partial charge in [0.1, 0.15) is 17.7 Å². The normalized spacial score (nSPS) is 10.1. The Hall–Kier alpha value is -2.32. The van der Waals surface area contributed by atoms with E-state index in [1.807, 2.05) is 6.07 Å². The number of nitrogen functional groups attached to an aromatic ring is 2. The number of nitrogens with two attached hydrogens (primary N) is 2. The van der Waals surface area contributed by atoms with Crippen molar-refractivity contribution in [1.82, 2.24) is 4.98 Å². The van der Waals surface area contributed by atoms with E-state index in [0.717, 1.165) is 0 Å². The zero-order valence-electron chi connectivity index (χ0n) is 9.11. The number of hydrogen-bond donors (Lipinski definition) is 2. The Bertz CT molecular complexity index is 664. The number of benzene rings is 1. The van der Waals surface area contributed by atoms with Crippen molar-refractivity contribution in [2.45, 2.75) is 0 Å². The quantitative estimate of drug-likeness (QED) is 0.773. The van der Waals surface area contributed by atoms with E-state index >= 15 is 0 Å². The number of nitriles is 1. The lowest BCUT2D eigenvalue weighted by atomic mass is 10.0. The fraction of sp³-hybridized carbons (Fsp3) is 0. The van der Waals surface area contributed by atoms with Crippen LogP contribution in [0.1, 0.15) is 5.56 Å². The molecule has 0 saturated heterocycles. The summed E-state index contributed by atoms with van der Waals surface area (Å²) in [5.41, 5.74) is 11.8. The van der Waals surface area contributed by atoms with Gasteiger partial charge in [0.05, 0.1) is 16.3 Å². The molecule has 90 valence electrons. The minimum Gasteiger partial charge on any atom is -0.395 e. The van der Waals surface area contributed by atoms with Crippen molar-refractivity contribution in [3.8, 4) is 17.2 Å². The van der Waals surface area contributed by atoms with Crippen molar-refractivity contribution in [3.63, 3.8) is 0 Å². The van der Waals surface area contributed by atoms with Crippen molar-refractivity contribution >= 4 is 23.1 Å². The Morgan fingerprint density at radius 1 is 1.28 bits per heavy atom. The van der Waals surface area contributed by atoms with Crippen molar-refractivity contribution < 1.29 is 4.39 Å². The van der Waals surface area contributed by atoms with E-state index in [9.17, 15) is 4.39 Å². The maximum absolute atomic E-state index is 13.6. The summed E-state index contributed by atoms with van der Waals surface area (Å²) >= 11 is 5.96. The molecule has 4 nitrogen and oxygen atoms in total. The van der Waals surface area contributed by atoms with Crippen LogP contribution in [0.25, 0.3) is 11.1 Å². The highest BCUT2D eigenvalue weighted by molar-refractivity contribution is 6.33. The van der Waals surface area contributed by atoms with Crippen LogP contribution in [0, 0.1) is 17.1 Å². The van der Waals surface area contributed by atoms with Gasteiger partial charge in [-0.3, -0.25) is 0 Å². The number of aromatic nitrogens is 1. The summed E-state index contributed by atoms with van der Waals surface area (Å²) in [6.07, 6.45) is 1.37. The third-order valence-electron chi connectivity index (χ3n) is 2.44. The van der Waals surface area contributed by atoms with E-state index in [-0.39, 0.29) is 17.1 Å². The molecule has 0 aliphatic carbocycles. The number of anilines is 2. The van der Waals surface area contributed by atoms with Crippen LogP contribution in [0.15, 0.2) is 24.4 Å². The second-order valence-corrected chi connectivity index (χ2v) is 4.03. The molecule has 0 spiro atoms. The van der Waals surface area contributed by atoms with Crippen LogP contribution in [0.2, 0.25) is 5.02 Å². The Kier molecular flexibility index (Phi) is 3.04. The van der Waals surface area contributed by atoms with Gasteiger partial charge in [-0.15, -0.1) is 0 Å². The molecule has 2 rings (SSSR count). The fourth-order valence-electron chi connectivity index (χ4n) is 1.54. The van der Waals surface area contributed by atoms with Gasteiger partial charge >= 0.3 is 0 Å². The first kappa shape index (κ1) is 12.1. The topological polar surface area (TPSA) is 88.7 Å². The highest BCUT2D eigenvalue weighted by Gasteiger charge is 2.11. The molecule has 0 fully saturated rings. The number of halogens is 2. The summed E-state index contributed by atoms with van der Waals surface area (Å²) in [6.45, 7) is 0. The minimum atomic E-state index is -0.671. The molecule has 0 saturated carbocycles. The Balaban J connectivity index is 2.69. The van der Waals surface area contributed by atoms with E-state index in [2.05, 4.69) is 4.98 Å².